The van der Waals surface area contributed by atoms with Gasteiger partial charge in [-0.1, -0.05) is 17.7 Å². The van der Waals surface area contributed by atoms with E-state index in [1.165, 1.54) is 5.56 Å². The van der Waals surface area contributed by atoms with Crippen molar-refractivity contribution in [2.75, 3.05) is 20.2 Å². The molecular weight excluding hydrogens is 290 g/mol. The van der Waals surface area contributed by atoms with Gasteiger partial charge in [-0.2, -0.15) is 5.10 Å². The van der Waals surface area contributed by atoms with Gasteiger partial charge in [0, 0.05) is 19.7 Å². The van der Waals surface area contributed by atoms with Crippen LogP contribution in [0.25, 0.3) is 0 Å². The molecule has 0 fully saturated rings. The minimum atomic E-state index is 0.151. The van der Waals surface area contributed by atoms with Crippen molar-refractivity contribution in [1.82, 2.24) is 15.1 Å². The predicted octanol–water partition coefficient (Wildman–Crippen LogP) is 2.89. The van der Waals surface area contributed by atoms with E-state index in [4.69, 9.17) is 4.74 Å². The average Bonchev–Trinajstić information content (AvgIpc) is 3.02. The average molecular weight is 315 g/mol. The molecule has 1 heterocycles. The summed E-state index contributed by atoms with van der Waals surface area (Å²) in [6.45, 7) is 5.20. The first kappa shape index (κ1) is 17.1. The molecule has 0 radical (unpaired) electrons. The van der Waals surface area contributed by atoms with Gasteiger partial charge >= 0.3 is 0 Å². The number of hydrogen-bond donors (Lipinski definition) is 1. The van der Waals surface area contributed by atoms with Crippen molar-refractivity contribution in [1.29, 1.82) is 0 Å². The second kappa shape index (κ2) is 8.36. The number of benzene rings is 1. The number of aryl methyl sites for hydroxylation is 3. The number of carbonyl (C=O) groups is 1. The van der Waals surface area contributed by atoms with E-state index in [9.17, 15) is 4.79 Å². The van der Waals surface area contributed by atoms with Crippen molar-refractivity contribution in [2.45, 2.75) is 33.1 Å². The molecule has 0 atom stereocenters. The van der Waals surface area contributed by atoms with Crippen LogP contribution in [0.15, 0.2) is 30.6 Å². The number of rotatable bonds is 8. The van der Waals surface area contributed by atoms with Gasteiger partial charge < -0.3 is 9.64 Å². The van der Waals surface area contributed by atoms with Crippen LogP contribution in [0.2, 0.25) is 0 Å². The molecule has 1 amide bonds. The fraction of sp³-hybridized carbons (Fsp3) is 0.444. The highest BCUT2D eigenvalue weighted by Gasteiger charge is 2.09. The Morgan fingerprint density at radius 1 is 1.35 bits per heavy atom. The molecule has 23 heavy (non-hydrogen) atoms. The lowest BCUT2D eigenvalue weighted by atomic mass is 10.1. The molecular formula is C18H25N3O2. The lowest BCUT2D eigenvalue weighted by Crippen LogP contribution is -2.30. The molecule has 0 spiro atoms. The van der Waals surface area contributed by atoms with E-state index in [0.717, 1.165) is 29.7 Å². The number of aromatic amines is 1. The number of hydrogen-bond acceptors (Lipinski definition) is 3. The van der Waals surface area contributed by atoms with Gasteiger partial charge in [0.2, 0.25) is 5.91 Å². The van der Waals surface area contributed by atoms with Crippen molar-refractivity contribution in [2.24, 2.45) is 0 Å². The molecule has 0 saturated heterocycles. The molecule has 1 N–H and O–H groups in total. The first-order valence-electron chi connectivity index (χ1n) is 7.98. The van der Waals surface area contributed by atoms with Gasteiger partial charge in [0.25, 0.3) is 0 Å². The lowest BCUT2D eigenvalue weighted by molar-refractivity contribution is -0.130. The van der Waals surface area contributed by atoms with Crippen molar-refractivity contribution in [3.63, 3.8) is 0 Å². The Labute approximate surface area is 137 Å². The summed E-state index contributed by atoms with van der Waals surface area (Å²) in [6, 6.07) is 6.12. The fourth-order valence-electron chi connectivity index (χ4n) is 2.43. The summed E-state index contributed by atoms with van der Waals surface area (Å²) in [5.74, 6) is 1.04. The van der Waals surface area contributed by atoms with Crippen molar-refractivity contribution in [3.05, 3.63) is 47.3 Å². The lowest BCUT2D eigenvalue weighted by Gasteiger charge is -2.18. The summed E-state index contributed by atoms with van der Waals surface area (Å²) < 4.78 is 5.77. The molecule has 2 aromatic rings. The fourth-order valence-corrected chi connectivity index (χ4v) is 2.43. The summed E-state index contributed by atoms with van der Waals surface area (Å²) in [7, 11) is 1.82. The van der Waals surface area contributed by atoms with Crippen molar-refractivity contribution in [3.8, 4) is 5.75 Å². The number of nitrogens with zero attached hydrogens (tertiary/aromatic N) is 2. The van der Waals surface area contributed by atoms with Gasteiger partial charge in [-0.15, -0.1) is 0 Å². The molecule has 5 nitrogen and oxygen atoms in total. The van der Waals surface area contributed by atoms with Crippen LogP contribution in [0.1, 0.15) is 29.5 Å². The van der Waals surface area contributed by atoms with E-state index in [-0.39, 0.29) is 5.91 Å². The zero-order valence-corrected chi connectivity index (χ0v) is 14.1. The van der Waals surface area contributed by atoms with Crippen LogP contribution < -0.4 is 4.74 Å². The maximum absolute atomic E-state index is 12.1. The third-order valence-electron chi connectivity index (χ3n) is 3.85. The van der Waals surface area contributed by atoms with Gasteiger partial charge in [0.05, 0.1) is 12.7 Å². The van der Waals surface area contributed by atoms with Gasteiger partial charge in [-0.3, -0.25) is 9.89 Å². The van der Waals surface area contributed by atoms with Crippen LogP contribution in [0, 0.1) is 13.8 Å². The first-order valence-corrected chi connectivity index (χ1v) is 7.98. The maximum Gasteiger partial charge on any atom is 0.222 e. The van der Waals surface area contributed by atoms with Crippen LogP contribution in [0.3, 0.4) is 0 Å². The molecule has 0 aliphatic rings. The monoisotopic (exact) mass is 315 g/mol. The number of amides is 1. The van der Waals surface area contributed by atoms with E-state index in [1.807, 2.05) is 32.3 Å². The number of ether oxygens (including phenoxy) is 1. The topological polar surface area (TPSA) is 58.2 Å². The van der Waals surface area contributed by atoms with E-state index >= 15 is 0 Å². The molecule has 2 rings (SSSR count). The minimum absolute atomic E-state index is 0.151. The zero-order valence-electron chi connectivity index (χ0n) is 14.1. The normalized spacial score (nSPS) is 10.6. The summed E-state index contributed by atoms with van der Waals surface area (Å²) in [5, 5.41) is 6.68. The van der Waals surface area contributed by atoms with Crippen LogP contribution >= 0.6 is 0 Å². The highest BCUT2D eigenvalue weighted by atomic mass is 16.5. The minimum Gasteiger partial charge on any atom is -0.491 e. The second-order valence-corrected chi connectivity index (χ2v) is 5.89. The predicted molar refractivity (Wildman–Crippen MR) is 90.6 cm³/mol. The number of H-pyrrole nitrogens is 1. The maximum atomic E-state index is 12.1. The highest BCUT2D eigenvalue weighted by Crippen LogP contribution is 2.18. The largest absolute Gasteiger partial charge is 0.491 e. The van der Waals surface area contributed by atoms with Crippen molar-refractivity contribution >= 4 is 5.91 Å². The van der Waals surface area contributed by atoms with E-state index < -0.39 is 0 Å². The molecule has 1 aromatic carbocycles. The number of likely N-dealkylation sites (N-methyl/N-ethyl adjacent to an activating group) is 1. The molecule has 0 aliphatic heterocycles. The Morgan fingerprint density at radius 2 is 2.17 bits per heavy atom. The van der Waals surface area contributed by atoms with Gasteiger partial charge in [-0.25, -0.2) is 0 Å². The summed E-state index contributed by atoms with van der Waals surface area (Å²) in [5.41, 5.74) is 3.48. The van der Waals surface area contributed by atoms with Crippen LogP contribution in [-0.2, 0) is 11.2 Å². The van der Waals surface area contributed by atoms with Gasteiger partial charge in [0.15, 0.2) is 0 Å². The SMILES string of the molecule is Cc1ccc(OCCN(C)C(=O)CCCc2cn[nH]c2)c(C)c1. The molecule has 1 aromatic heterocycles. The van der Waals surface area contributed by atoms with Crippen molar-refractivity contribution < 1.29 is 9.53 Å². The Hall–Kier alpha value is -2.30. The standard InChI is InChI=1S/C18H25N3O2/c1-14-7-8-17(15(2)11-14)23-10-9-21(3)18(22)6-4-5-16-12-19-20-13-16/h7-8,11-13H,4-6,9-10H2,1-3H3,(H,19,20). The Balaban J connectivity index is 1.67. The zero-order chi connectivity index (χ0) is 16.7. The highest BCUT2D eigenvalue weighted by molar-refractivity contribution is 5.75. The smallest absolute Gasteiger partial charge is 0.222 e. The van der Waals surface area contributed by atoms with Gasteiger partial charge in [0.1, 0.15) is 12.4 Å². The Kier molecular flexibility index (Phi) is 6.20. The van der Waals surface area contributed by atoms with Crippen LogP contribution in [0.5, 0.6) is 5.75 Å². The Bertz CT molecular complexity index is 623. The molecule has 5 heteroatoms. The summed E-state index contributed by atoms with van der Waals surface area (Å²) >= 11 is 0. The third kappa shape index (κ3) is 5.43. The van der Waals surface area contributed by atoms with Crippen LogP contribution in [0.4, 0.5) is 0 Å². The Morgan fingerprint density at radius 3 is 2.87 bits per heavy atom. The summed E-state index contributed by atoms with van der Waals surface area (Å²) in [6.07, 6.45) is 5.92. The molecule has 0 saturated carbocycles. The molecule has 0 aliphatic carbocycles. The molecule has 0 bridgehead atoms. The van der Waals surface area contributed by atoms with E-state index in [2.05, 4.69) is 23.2 Å². The first-order chi connectivity index (χ1) is 11.1. The van der Waals surface area contributed by atoms with E-state index in [0.29, 0.717) is 19.6 Å². The van der Waals surface area contributed by atoms with Crippen LogP contribution in [-0.4, -0.2) is 41.2 Å². The number of aromatic nitrogens is 2. The summed E-state index contributed by atoms with van der Waals surface area (Å²) in [4.78, 5) is 13.8. The second-order valence-electron chi connectivity index (χ2n) is 5.89. The quantitative estimate of drug-likeness (QED) is 0.815. The molecule has 124 valence electrons. The third-order valence-corrected chi connectivity index (χ3v) is 3.85. The number of carbonyl (C=O) groups excluding carboxylic acids is 1. The van der Waals surface area contributed by atoms with Gasteiger partial charge in [-0.05, 0) is 43.9 Å². The number of nitrogens with one attached hydrogen (secondary N) is 1. The molecule has 0 unspecified atom stereocenters. The van der Waals surface area contributed by atoms with E-state index in [1.54, 1.807) is 11.1 Å².